The Morgan fingerprint density at radius 3 is 2.86 bits per heavy atom. The summed E-state index contributed by atoms with van der Waals surface area (Å²) in [5, 5.41) is 0. The zero-order valence-corrected chi connectivity index (χ0v) is 8.22. The van der Waals surface area contributed by atoms with Crippen molar-refractivity contribution >= 4 is 5.76 Å². The zero-order chi connectivity index (χ0) is 10.6. The summed E-state index contributed by atoms with van der Waals surface area (Å²) in [6.07, 6.45) is 0. The summed E-state index contributed by atoms with van der Waals surface area (Å²) >= 11 is 0. The lowest BCUT2D eigenvalue weighted by molar-refractivity contribution is 0.298. The first-order valence-corrected chi connectivity index (χ1v) is 4.50. The SMILES string of the molecule is C=C(OCC)c1cccc(F)c1CN. The van der Waals surface area contributed by atoms with Gasteiger partial charge >= 0.3 is 0 Å². The molecular weight excluding hydrogens is 181 g/mol. The topological polar surface area (TPSA) is 35.2 Å². The van der Waals surface area contributed by atoms with Gasteiger partial charge in [-0.15, -0.1) is 0 Å². The van der Waals surface area contributed by atoms with Gasteiger partial charge < -0.3 is 10.5 Å². The third-order valence-electron chi connectivity index (χ3n) is 1.94. The molecule has 0 saturated carbocycles. The van der Waals surface area contributed by atoms with Crippen molar-refractivity contribution in [2.75, 3.05) is 6.61 Å². The second kappa shape index (κ2) is 4.77. The molecule has 0 spiro atoms. The van der Waals surface area contributed by atoms with E-state index in [2.05, 4.69) is 6.58 Å². The highest BCUT2D eigenvalue weighted by molar-refractivity contribution is 5.61. The van der Waals surface area contributed by atoms with Crippen LogP contribution in [0.5, 0.6) is 0 Å². The molecule has 0 unspecified atom stereocenters. The molecule has 14 heavy (non-hydrogen) atoms. The summed E-state index contributed by atoms with van der Waals surface area (Å²) in [5.41, 5.74) is 6.55. The van der Waals surface area contributed by atoms with E-state index in [0.29, 0.717) is 23.5 Å². The van der Waals surface area contributed by atoms with Crippen LogP contribution in [0.2, 0.25) is 0 Å². The maximum absolute atomic E-state index is 13.3. The van der Waals surface area contributed by atoms with Crippen molar-refractivity contribution in [3.05, 3.63) is 41.7 Å². The third-order valence-corrected chi connectivity index (χ3v) is 1.94. The summed E-state index contributed by atoms with van der Waals surface area (Å²) in [7, 11) is 0. The maximum Gasteiger partial charge on any atom is 0.128 e. The Morgan fingerprint density at radius 2 is 2.29 bits per heavy atom. The Bertz CT molecular complexity index is 336. The minimum absolute atomic E-state index is 0.147. The molecule has 0 aliphatic rings. The Labute approximate surface area is 83.2 Å². The van der Waals surface area contributed by atoms with Gasteiger partial charge in [0.1, 0.15) is 11.6 Å². The molecule has 0 bridgehead atoms. The molecule has 0 aromatic heterocycles. The summed E-state index contributed by atoms with van der Waals surface area (Å²) in [4.78, 5) is 0. The smallest absolute Gasteiger partial charge is 0.128 e. The fourth-order valence-electron chi connectivity index (χ4n) is 1.28. The van der Waals surface area contributed by atoms with Gasteiger partial charge in [0.2, 0.25) is 0 Å². The number of halogens is 1. The Kier molecular flexibility index (Phi) is 3.65. The van der Waals surface area contributed by atoms with Crippen LogP contribution in [0.15, 0.2) is 24.8 Å². The molecule has 0 aliphatic heterocycles. The monoisotopic (exact) mass is 195 g/mol. The van der Waals surface area contributed by atoms with Crippen LogP contribution in [0, 0.1) is 5.82 Å². The number of ether oxygens (including phenoxy) is 1. The molecule has 0 heterocycles. The molecule has 1 rings (SSSR count). The normalized spacial score (nSPS) is 9.93. The molecule has 0 amide bonds. The number of rotatable bonds is 4. The van der Waals surface area contributed by atoms with E-state index in [9.17, 15) is 4.39 Å². The molecule has 76 valence electrons. The van der Waals surface area contributed by atoms with Crippen LogP contribution in [0.25, 0.3) is 5.76 Å². The number of hydrogen-bond donors (Lipinski definition) is 1. The lowest BCUT2D eigenvalue weighted by Gasteiger charge is -2.11. The van der Waals surface area contributed by atoms with Crippen LogP contribution in [0.1, 0.15) is 18.1 Å². The van der Waals surface area contributed by atoms with Crippen molar-refractivity contribution in [3.63, 3.8) is 0 Å². The van der Waals surface area contributed by atoms with Crippen LogP contribution in [-0.4, -0.2) is 6.61 Å². The third kappa shape index (κ3) is 2.12. The summed E-state index contributed by atoms with van der Waals surface area (Å²) < 4.78 is 18.5. The standard InChI is InChI=1S/C11H14FNO/c1-3-14-8(2)9-5-4-6-11(12)10(9)7-13/h4-6H,2-3,7,13H2,1H3. The van der Waals surface area contributed by atoms with Crippen LogP contribution in [0.3, 0.4) is 0 Å². The summed E-state index contributed by atoms with van der Waals surface area (Å²) in [5.74, 6) is 0.151. The zero-order valence-electron chi connectivity index (χ0n) is 8.22. The number of hydrogen-bond acceptors (Lipinski definition) is 2. The van der Waals surface area contributed by atoms with Crippen molar-refractivity contribution in [2.24, 2.45) is 5.73 Å². The number of benzene rings is 1. The van der Waals surface area contributed by atoms with Gasteiger partial charge in [0.05, 0.1) is 6.61 Å². The van der Waals surface area contributed by atoms with Crippen LogP contribution < -0.4 is 5.73 Å². The Balaban J connectivity index is 3.07. The molecule has 1 aromatic carbocycles. The van der Waals surface area contributed by atoms with Crippen LogP contribution in [0.4, 0.5) is 4.39 Å². The van der Waals surface area contributed by atoms with Gasteiger partial charge in [-0.3, -0.25) is 0 Å². The van der Waals surface area contributed by atoms with E-state index < -0.39 is 0 Å². The largest absolute Gasteiger partial charge is 0.494 e. The highest BCUT2D eigenvalue weighted by Crippen LogP contribution is 2.20. The summed E-state index contributed by atoms with van der Waals surface area (Å²) in [6, 6.07) is 4.75. The van der Waals surface area contributed by atoms with Crippen molar-refractivity contribution in [1.29, 1.82) is 0 Å². The van der Waals surface area contributed by atoms with Crippen LogP contribution >= 0.6 is 0 Å². The Hall–Kier alpha value is -1.35. The number of nitrogens with two attached hydrogens (primary N) is 1. The van der Waals surface area contributed by atoms with E-state index in [1.807, 2.05) is 6.92 Å². The van der Waals surface area contributed by atoms with Crippen molar-refractivity contribution in [1.82, 2.24) is 0 Å². The molecular formula is C11H14FNO. The second-order valence-electron chi connectivity index (χ2n) is 2.83. The van der Waals surface area contributed by atoms with E-state index in [0.717, 1.165) is 0 Å². The predicted octanol–water partition coefficient (Wildman–Crippen LogP) is 2.29. The molecule has 0 atom stereocenters. The molecule has 3 heteroatoms. The van der Waals surface area contributed by atoms with Gasteiger partial charge in [-0.1, -0.05) is 18.7 Å². The Morgan fingerprint density at radius 1 is 1.57 bits per heavy atom. The molecule has 0 radical (unpaired) electrons. The van der Waals surface area contributed by atoms with Crippen molar-refractivity contribution in [3.8, 4) is 0 Å². The first-order chi connectivity index (χ1) is 6.70. The first kappa shape index (κ1) is 10.7. The van der Waals surface area contributed by atoms with E-state index in [4.69, 9.17) is 10.5 Å². The lowest BCUT2D eigenvalue weighted by Crippen LogP contribution is -2.05. The van der Waals surface area contributed by atoms with Gasteiger partial charge in [0.15, 0.2) is 0 Å². The lowest BCUT2D eigenvalue weighted by atomic mass is 10.1. The maximum atomic E-state index is 13.3. The van der Waals surface area contributed by atoms with Crippen LogP contribution in [-0.2, 0) is 11.3 Å². The van der Waals surface area contributed by atoms with Gasteiger partial charge in [0.25, 0.3) is 0 Å². The van der Waals surface area contributed by atoms with E-state index >= 15 is 0 Å². The molecule has 0 aliphatic carbocycles. The fraction of sp³-hybridized carbons (Fsp3) is 0.273. The van der Waals surface area contributed by atoms with Gasteiger partial charge in [0, 0.05) is 17.7 Å². The molecule has 1 aromatic rings. The minimum Gasteiger partial charge on any atom is -0.494 e. The second-order valence-corrected chi connectivity index (χ2v) is 2.83. The quantitative estimate of drug-likeness (QED) is 0.748. The van der Waals surface area contributed by atoms with Gasteiger partial charge in [-0.25, -0.2) is 4.39 Å². The van der Waals surface area contributed by atoms with Gasteiger partial charge in [-0.05, 0) is 13.0 Å². The molecule has 0 saturated heterocycles. The first-order valence-electron chi connectivity index (χ1n) is 4.50. The van der Waals surface area contributed by atoms with E-state index in [-0.39, 0.29) is 12.4 Å². The van der Waals surface area contributed by atoms with Crippen molar-refractivity contribution in [2.45, 2.75) is 13.5 Å². The average Bonchev–Trinajstić information content (AvgIpc) is 2.17. The predicted molar refractivity (Wildman–Crippen MR) is 55.0 cm³/mol. The van der Waals surface area contributed by atoms with Gasteiger partial charge in [-0.2, -0.15) is 0 Å². The summed E-state index contributed by atoms with van der Waals surface area (Å²) in [6.45, 7) is 6.23. The molecule has 0 fully saturated rings. The van der Waals surface area contributed by atoms with E-state index in [1.54, 1.807) is 12.1 Å². The fourth-order valence-corrected chi connectivity index (χ4v) is 1.28. The average molecular weight is 195 g/mol. The minimum atomic E-state index is -0.314. The van der Waals surface area contributed by atoms with E-state index in [1.165, 1.54) is 6.07 Å². The molecule has 2 N–H and O–H groups in total. The molecule has 2 nitrogen and oxygen atoms in total. The highest BCUT2D eigenvalue weighted by atomic mass is 19.1. The van der Waals surface area contributed by atoms with Crippen molar-refractivity contribution < 1.29 is 9.13 Å². The highest BCUT2D eigenvalue weighted by Gasteiger charge is 2.09.